The van der Waals surface area contributed by atoms with Crippen LogP contribution < -0.4 is 0 Å². The fourth-order valence-corrected chi connectivity index (χ4v) is 3.93. The Bertz CT molecular complexity index is 508. The molecule has 1 aromatic heterocycles. The van der Waals surface area contributed by atoms with Crippen LogP contribution in [0.5, 0.6) is 0 Å². The van der Waals surface area contributed by atoms with E-state index >= 15 is 0 Å². The van der Waals surface area contributed by atoms with Gasteiger partial charge in [-0.3, -0.25) is 4.98 Å². The van der Waals surface area contributed by atoms with Gasteiger partial charge in [0.25, 0.3) is 0 Å². The van der Waals surface area contributed by atoms with Gasteiger partial charge in [0.2, 0.25) is 0 Å². The van der Waals surface area contributed by atoms with Crippen molar-refractivity contribution in [3.05, 3.63) is 30.1 Å². The maximum absolute atomic E-state index is 11.2. The number of ether oxygens (including phenoxy) is 2. The Labute approximate surface area is 118 Å². The van der Waals surface area contributed by atoms with Crippen LogP contribution in [0.2, 0.25) is 0 Å². The highest BCUT2D eigenvalue weighted by Crippen LogP contribution is 2.60. The average Bonchev–Trinajstić information content (AvgIpc) is 3.08. The summed E-state index contributed by atoms with van der Waals surface area (Å²) in [6, 6.07) is 5.79. The molecular formula is C16H19NO3. The number of carbonyl (C=O) groups excluding carboxylic acids is 1. The van der Waals surface area contributed by atoms with Gasteiger partial charge in [-0.1, -0.05) is 6.07 Å². The second kappa shape index (κ2) is 4.37. The number of aromatic nitrogens is 1. The second-order valence-corrected chi connectivity index (χ2v) is 6.36. The van der Waals surface area contributed by atoms with E-state index in [4.69, 9.17) is 9.47 Å². The second-order valence-electron chi connectivity index (χ2n) is 6.36. The van der Waals surface area contributed by atoms with Crippen molar-refractivity contribution >= 4 is 6.29 Å². The van der Waals surface area contributed by atoms with Gasteiger partial charge in [0.1, 0.15) is 11.9 Å². The zero-order valence-corrected chi connectivity index (χ0v) is 11.5. The summed E-state index contributed by atoms with van der Waals surface area (Å²) in [4.78, 5) is 15.6. The number of aldehydes is 1. The van der Waals surface area contributed by atoms with Gasteiger partial charge in [-0.2, -0.15) is 0 Å². The molecule has 2 saturated carbocycles. The van der Waals surface area contributed by atoms with Gasteiger partial charge in [-0.05, 0) is 30.4 Å². The van der Waals surface area contributed by atoms with E-state index in [0.717, 1.165) is 36.7 Å². The molecule has 0 N–H and O–H groups in total. The van der Waals surface area contributed by atoms with Crippen LogP contribution in [0, 0.1) is 11.8 Å². The van der Waals surface area contributed by atoms with Crippen molar-refractivity contribution in [1.82, 2.24) is 4.98 Å². The Morgan fingerprint density at radius 2 is 2.20 bits per heavy atom. The van der Waals surface area contributed by atoms with Crippen LogP contribution in [0.1, 0.15) is 37.8 Å². The highest BCUT2D eigenvalue weighted by molar-refractivity contribution is 5.52. The van der Waals surface area contributed by atoms with Crippen LogP contribution in [0.25, 0.3) is 0 Å². The van der Waals surface area contributed by atoms with Crippen LogP contribution >= 0.6 is 0 Å². The van der Waals surface area contributed by atoms with Gasteiger partial charge in [0.15, 0.2) is 5.79 Å². The lowest BCUT2D eigenvalue weighted by Crippen LogP contribution is -2.50. The summed E-state index contributed by atoms with van der Waals surface area (Å²) in [7, 11) is 0. The Balaban J connectivity index is 1.66. The first kappa shape index (κ1) is 12.5. The quantitative estimate of drug-likeness (QED) is 0.794. The molecule has 0 radical (unpaired) electrons. The van der Waals surface area contributed by atoms with Crippen molar-refractivity contribution in [2.75, 3.05) is 6.61 Å². The molecule has 3 unspecified atom stereocenters. The molecule has 3 fully saturated rings. The summed E-state index contributed by atoms with van der Waals surface area (Å²) in [5.41, 5.74) is 0.258. The van der Waals surface area contributed by atoms with Gasteiger partial charge in [0.05, 0.1) is 12.3 Å². The molecule has 1 saturated heterocycles. The molecule has 1 spiro atoms. The molecule has 4 nitrogen and oxygen atoms in total. The predicted octanol–water partition coefficient (Wildman–Crippen LogP) is 2.43. The molecule has 106 valence electrons. The number of hydrogen-bond acceptors (Lipinski definition) is 4. The van der Waals surface area contributed by atoms with E-state index in [1.165, 1.54) is 6.42 Å². The number of hydrogen-bond donors (Lipinski definition) is 0. The molecule has 20 heavy (non-hydrogen) atoms. The maximum atomic E-state index is 11.2. The van der Waals surface area contributed by atoms with Crippen LogP contribution in [0.4, 0.5) is 0 Å². The van der Waals surface area contributed by atoms with Crippen molar-refractivity contribution in [3.63, 3.8) is 0 Å². The van der Waals surface area contributed by atoms with Gasteiger partial charge >= 0.3 is 0 Å². The number of fused-ring (bicyclic) bond motifs is 1. The normalized spacial score (nSPS) is 42.4. The van der Waals surface area contributed by atoms with Crippen LogP contribution in [0.15, 0.2) is 24.4 Å². The topological polar surface area (TPSA) is 48.4 Å². The standard InChI is InChI=1S/C16H19NO3/c18-7-4-15(14-3-1-2-6-17-14)5-8-19-16(20-15)10-12-9-13(12)11-16/h1-3,6-7,12-13H,4-5,8-11H2. The van der Waals surface area contributed by atoms with Gasteiger partial charge in [-0.25, -0.2) is 0 Å². The third-order valence-corrected chi connectivity index (χ3v) is 5.01. The lowest BCUT2D eigenvalue weighted by atomic mass is 9.89. The summed E-state index contributed by atoms with van der Waals surface area (Å²) in [6.07, 6.45) is 7.03. The number of nitrogens with zero attached hydrogens (tertiary/aromatic N) is 1. The number of rotatable bonds is 3. The van der Waals surface area contributed by atoms with E-state index < -0.39 is 11.4 Å². The maximum Gasteiger partial charge on any atom is 0.170 e. The minimum absolute atomic E-state index is 0.352. The zero-order valence-electron chi connectivity index (χ0n) is 11.5. The van der Waals surface area contributed by atoms with Crippen LogP contribution in [0.3, 0.4) is 0 Å². The molecule has 4 heteroatoms. The van der Waals surface area contributed by atoms with Crippen molar-refractivity contribution in [2.24, 2.45) is 11.8 Å². The average molecular weight is 273 g/mol. The smallest absolute Gasteiger partial charge is 0.170 e. The molecule has 4 rings (SSSR count). The predicted molar refractivity (Wildman–Crippen MR) is 71.8 cm³/mol. The molecule has 0 bridgehead atoms. The first-order valence-corrected chi connectivity index (χ1v) is 7.45. The zero-order chi connectivity index (χ0) is 13.6. The molecule has 2 aliphatic carbocycles. The summed E-state index contributed by atoms with van der Waals surface area (Å²) >= 11 is 0. The van der Waals surface area contributed by atoms with E-state index in [1.807, 2.05) is 18.2 Å². The van der Waals surface area contributed by atoms with E-state index in [9.17, 15) is 4.79 Å². The monoisotopic (exact) mass is 273 g/mol. The first-order chi connectivity index (χ1) is 9.75. The Morgan fingerprint density at radius 1 is 1.35 bits per heavy atom. The lowest BCUT2D eigenvalue weighted by Gasteiger charge is -2.46. The minimum atomic E-state index is -0.599. The largest absolute Gasteiger partial charge is 0.350 e. The van der Waals surface area contributed by atoms with Crippen molar-refractivity contribution < 1.29 is 14.3 Å². The minimum Gasteiger partial charge on any atom is -0.350 e. The van der Waals surface area contributed by atoms with E-state index in [-0.39, 0.29) is 0 Å². The van der Waals surface area contributed by atoms with Crippen molar-refractivity contribution in [2.45, 2.75) is 43.5 Å². The molecule has 2 heterocycles. The van der Waals surface area contributed by atoms with Crippen molar-refractivity contribution in [1.29, 1.82) is 0 Å². The summed E-state index contributed by atoms with van der Waals surface area (Å²) in [5.74, 6) is 1.07. The fraction of sp³-hybridized carbons (Fsp3) is 0.625. The van der Waals surface area contributed by atoms with E-state index in [2.05, 4.69) is 4.98 Å². The Kier molecular flexibility index (Phi) is 2.72. The van der Waals surface area contributed by atoms with Crippen molar-refractivity contribution in [3.8, 4) is 0 Å². The molecular weight excluding hydrogens is 254 g/mol. The van der Waals surface area contributed by atoms with E-state index in [1.54, 1.807) is 6.20 Å². The first-order valence-electron chi connectivity index (χ1n) is 7.45. The Morgan fingerprint density at radius 3 is 2.90 bits per heavy atom. The molecule has 3 aliphatic rings. The third-order valence-electron chi connectivity index (χ3n) is 5.01. The number of carbonyl (C=O) groups is 1. The molecule has 0 amide bonds. The molecule has 1 aliphatic heterocycles. The molecule has 3 atom stereocenters. The van der Waals surface area contributed by atoms with Crippen LogP contribution in [-0.4, -0.2) is 23.7 Å². The molecule has 1 aromatic rings. The van der Waals surface area contributed by atoms with Gasteiger partial charge in [0, 0.05) is 31.9 Å². The van der Waals surface area contributed by atoms with Crippen LogP contribution in [-0.2, 0) is 19.9 Å². The highest BCUT2D eigenvalue weighted by atomic mass is 16.7. The summed E-state index contributed by atoms with van der Waals surface area (Å²) in [6.45, 7) is 0.643. The van der Waals surface area contributed by atoms with Gasteiger partial charge < -0.3 is 14.3 Å². The SMILES string of the molecule is O=CCC1(c2ccccn2)CCOC2(CC3CC3C2)O1. The van der Waals surface area contributed by atoms with E-state index in [0.29, 0.717) is 19.4 Å². The highest BCUT2D eigenvalue weighted by Gasteiger charge is 2.60. The fourth-order valence-electron chi connectivity index (χ4n) is 3.93. The lowest BCUT2D eigenvalue weighted by molar-refractivity contribution is -0.333. The summed E-state index contributed by atoms with van der Waals surface area (Å²) < 4.78 is 12.4. The third kappa shape index (κ3) is 1.90. The van der Waals surface area contributed by atoms with Gasteiger partial charge in [-0.15, -0.1) is 0 Å². The summed E-state index contributed by atoms with van der Waals surface area (Å²) in [5, 5.41) is 0. The number of pyridine rings is 1. The molecule has 0 aromatic carbocycles. The Hall–Kier alpha value is -1.26.